The van der Waals surface area contributed by atoms with E-state index in [0.29, 0.717) is 16.0 Å². The molecule has 2 rings (SSSR count). The third-order valence-corrected chi connectivity index (χ3v) is 4.07. The standard InChI is InChI=1S/C12H12O3S/c1-8-3-4-11-10(6-9(2)13)7-16(14,15)12(11)5-8/h3-5,7H,6H2,1-2H3. The van der Waals surface area contributed by atoms with Crippen LogP contribution in [0.5, 0.6) is 0 Å². The van der Waals surface area contributed by atoms with Gasteiger partial charge in [-0.2, -0.15) is 0 Å². The summed E-state index contributed by atoms with van der Waals surface area (Å²) in [7, 11) is -3.34. The molecule has 1 aliphatic rings. The Bertz CT molecular complexity index is 595. The average molecular weight is 236 g/mol. The molecule has 1 aromatic carbocycles. The molecule has 1 aliphatic heterocycles. The lowest BCUT2D eigenvalue weighted by atomic mass is 10.0. The number of carbonyl (C=O) groups excluding carboxylic acids is 1. The van der Waals surface area contributed by atoms with Crippen molar-refractivity contribution in [2.45, 2.75) is 25.2 Å². The van der Waals surface area contributed by atoms with Crippen LogP contribution in [0.2, 0.25) is 0 Å². The van der Waals surface area contributed by atoms with Gasteiger partial charge in [0.2, 0.25) is 9.84 Å². The number of Topliss-reactive ketones (excluding diaryl/α,β-unsaturated/α-hetero) is 1. The Labute approximate surface area is 94.7 Å². The van der Waals surface area contributed by atoms with Crippen molar-refractivity contribution in [2.75, 3.05) is 0 Å². The van der Waals surface area contributed by atoms with Crippen LogP contribution in [0.1, 0.15) is 24.5 Å². The second-order valence-electron chi connectivity index (χ2n) is 4.07. The molecule has 0 N–H and O–H groups in total. The fraction of sp³-hybridized carbons (Fsp3) is 0.250. The molecule has 0 fully saturated rings. The molecule has 0 saturated carbocycles. The summed E-state index contributed by atoms with van der Waals surface area (Å²) < 4.78 is 23.6. The molecule has 84 valence electrons. The van der Waals surface area contributed by atoms with E-state index in [2.05, 4.69) is 0 Å². The van der Waals surface area contributed by atoms with Gasteiger partial charge < -0.3 is 0 Å². The molecule has 1 aromatic rings. The lowest BCUT2D eigenvalue weighted by molar-refractivity contribution is -0.116. The van der Waals surface area contributed by atoms with E-state index in [4.69, 9.17) is 0 Å². The fourth-order valence-electron chi connectivity index (χ4n) is 1.85. The number of benzene rings is 1. The molecule has 0 aliphatic carbocycles. The molecule has 0 saturated heterocycles. The number of allylic oxidation sites excluding steroid dienone is 1. The summed E-state index contributed by atoms with van der Waals surface area (Å²) >= 11 is 0. The number of aryl methyl sites for hydroxylation is 1. The first-order valence-electron chi connectivity index (χ1n) is 4.96. The predicted molar refractivity (Wildman–Crippen MR) is 61.6 cm³/mol. The number of hydrogen-bond donors (Lipinski definition) is 0. The first-order chi connectivity index (χ1) is 7.40. The van der Waals surface area contributed by atoms with Crippen LogP contribution in [0.25, 0.3) is 5.57 Å². The maximum absolute atomic E-state index is 11.8. The largest absolute Gasteiger partial charge is 0.300 e. The van der Waals surface area contributed by atoms with E-state index in [1.165, 1.54) is 12.3 Å². The summed E-state index contributed by atoms with van der Waals surface area (Å²) in [6.45, 7) is 3.30. The van der Waals surface area contributed by atoms with Gasteiger partial charge in [0, 0.05) is 11.8 Å². The molecule has 0 aromatic heterocycles. The highest BCUT2D eigenvalue weighted by Crippen LogP contribution is 2.35. The second-order valence-corrected chi connectivity index (χ2v) is 5.83. The van der Waals surface area contributed by atoms with E-state index in [9.17, 15) is 13.2 Å². The van der Waals surface area contributed by atoms with Crippen molar-refractivity contribution in [3.05, 3.63) is 34.7 Å². The van der Waals surface area contributed by atoms with Crippen LogP contribution < -0.4 is 0 Å². The van der Waals surface area contributed by atoms with Crippen molar-refractivity contribution in [3.63, 3.8) is 0 Å². The van der Waals surface area contributed by atoms with Gasteiger partial charge >= 0.3 is 0 Å². The molecule has 0 spiro atoms. The summed E-state index contributed by atoms with van der Waals surface area (Å²) in [5.74, 6) is -0.0325. The van der Waals surface area contributed by atoms with Crippen molar-refractivity contribution in [1.82, 2.24) is 0 Å². The number of rotatable bonds is 2. The minimum absolute atomic E-state index is 0.0325. The van der Waals surface area contributed by atoms with Crippen molar-refractivity contribution in [2.24, 2.45) is 0 Å². The number of fused-ring (bicyclic) bond motifs is 1. The molecule has 0 radical (unpaired) electrons. The van der Waals surface area contributed by atoms with Gasteiger partial charge in [-0.15, -0.1) is 0 Å². The Morgan fingerprint density at radius 2 is 2.00 bits per heavy atom. The molecule has 4 heteroatoms. The molecule has 0 amide bonds. The fourth-order valence-corrected chi connectivity index (χ4v) is 3.42. The first-order valence-corrected chi connectivity index (χ1v) is 6.51. The first kappa shape index (κ1) is 11.1. The Balaban J connectivity index is 2.60. The summed E-state index contributed by atoms with van der Waals surface area (Å²) in [4.78, 5) is 11.4. The van der Waals surface area contributed by atoms with Crippen LogP contribution in [0.3, 0.4) is 0 Å². The Hall–Kier alpha value is -1.42. The van der Waals surface area contributed by atoms with Crippen molar-refractivity contribution in [3.8, 4) is 0 Å². The van der Waals surface area contributed by atoms with Crippen LogP contribution in [0.4, 0.5) is 0 Å². The molecular formula is C12H12O3S. The van der Waals surface area contributed by atoms with E-state index < -0.39 is 9.84 Å². The highest BCUT2D eigenvalue weighted by Gasteiger charge is 2.27. The van der Waals surface area contributed by atoms with Gasteiger partial charge in [-0.05, 0) is 36.6 Å². The van der Waals surface area contributed by atoms with Gasteiger partial charge in [-0.3, -0.25) is 4.79 Å². The maximum Gasteiger partial charge on any atom is 0.200 e. The molecule has 0 unspecified atom stereocenters. The lowest BCUT2D eigenvalue weighted by Crippen LogP contribution is -1.94. The zero-order chi connectivity index (χ0) is 11.9. The Kier molecular flexibility index (Phi) is 2.46. The third-order valence-electron chi connectivity index (χ3n) is 2.53. The Morgan fingerprint density at radius 3 is 2.62 bits per heavy atom. The monoisotopic (exact) mass is 236 g/mol. The number of ketones is 1. The minimum atomic E-state index is -3.34. The topological polar surface area (TPSA) is 51.2 Å². The molecular weight excluding hydrogens is 224 g/mol. The van der Waals surface area contributed by atoms with Crippen molar-refractivity contribution < 1.29 is 13.2 Å². The number of sulfone groups is 1. The van der Waals surface area contributed by atoms with Crippen LogP contribution in [0, 0.1) is 6.92 Å². The minimum Gasteiger partial charge on any atom is -0.300 e. The van der Waals surface area contributed by atoms with Gasteiger partial charge in [0.15, 0.2) is 0 Å². The number of hydrogen-bond acceptors (Lipinski definition) is 3. The van der Waals surface area contributed by atoms with Gasteiger partial charge in [-0.1, -0.05) is 12.1 Å². The zero-order valence-corrected chi connectivity index (χ0v) is 9.97. The normalized spacial score (nSPS) is 16.8. The average Bonchev–Trinajstić information content (AvgIpc) is 2.37. The lowest BCUT2D eigenvalue weighted by Gasteiger charge is -2.03. The molecule has 1 heterocycles. The van der Waals surface area contributed by atoms with E-state index in [0.717, 1.165) is 5.56 Å². The van der Waals surface area contributed by atoms with Crippen LogP contribution >= 0.6 is 0 Å². The molecule has 0 bridgehead atoms. The van der Waals surface area contributed by atoms with E-state index in [-0.39, 0.29) is 12.2 Å². The zero-order valence-electron chi connectivity index (χ0n) is 9.15. The number of carbonyl (C=O) groups is 1. The molecule has 16 heavy (non-hydrogen) atoms. The quantitative estimate of drug-likeness (QED) is 0.790. The Morgan fingerprint density at radius 1 is 1.31 bits per heavy atom. The molecule has 0 atom stereocenters. The van der Waals surface area contributed by atoms with E-state index in [1.807, 2.05) is 13.0 Å². The maximum atomic E-state index is 11.8. The van der Waals surface area contributed by atoms with Gasteiger partial charge in [0.05, 0.1) is 4.90 Å². The predicted octanol–water partition coefficient (Wildman–Crippen LogP) is 2.10. The third kappa shape index (κ3) is 1.80. The second kappa shape index (κ2) is 3.56. The smallest absolute Gasteiger partial charge is 0.200 e. The van der Waals surface area contributed by atoms with Crippen LogP contribution in [-0.2, 0) is 14.6 Å². The highest BCUT2D eigenvalue weighted by molar-refractivity contribution is 7.95. The SMILES string of the molecule is CC(=O)CC1=CS(=O)(=O)c2cc(C)ccc21. The highest BCUT2D eigenvalue weighted by atomic mass is 32.2. The van der Waals surface area contributed by atoms with Crippen molar-refractivity contribution in [1.29, 1.82) is 0 Å². The van der Waals surface area contributed by atoms with E-state index >= 15 is 0 Å². The summed E-state index contributed by atoms with van der Waals surface area (Å²) in [5.41, 5.74) is 2.17. The molecule has 3 nitrogen and oxygen atoms in total. The van der Waals surface area contributed by atoms with Crippen LogP contribution in [-0.4, -0.2) is 14.2 Å². The summed E-state index contributed by atoms with van der Waals surface area (Å²) in [6.07, 6.45) is 0.176. The van der Waals surface area contributed by atoms with Gasteiger partial charge in [0.25, 0.3) is 0 Å². The van der Waals surface area contributed by atoms with Gasteiger partial charge in [0.1, 0.15) is 5.78 Å². The van der Waals surface area contributed by atoms with Crippen LogP contribution in [0.15, 0.2) is 28.5 Å². The van der Waals surface area contributed by atoms with Gasteiger partial charge in [-0.25, -0.2) is 8.42 Å². The summed E-state index contributed by atoms with van der Waals surface area (Å²) in [6, 6.07) is 5.27. The van der Waals surface area contributed by atoms with E-state index in [1.54, 1.807) is 12.1 Å². The summed E-state index contributed by atoms with van der Waals surface area (Å²) in [5, 5.41) is 1.21. The van der Waals surface area contributed by atoms with Crippen molar-refractivity contribution >= 4 is 21.2 Å².